The van der Waals surface area contributed by atoms with Crippen molar-refractivity contribution >= 4 is 29.0 Å². The van der Waals surface area contributed by atoms with E-state index in [1.807, 2.05) is 17.0 Å². The van der Waals surface area contributed by atoms with E-state index in [4.69, 9.17) is 17.3 Å². The molecule has 0 atom stereocenters. The SMILES string of the molecule is NC(=O)c1ccc(N2CCN(c3[nH+]cc(C(F)(F)F)cc3Cl)CC2)cc1. The molecule has 5 nitrogen and oxygen atoms in total. The summed E-state index contributed by atoms with van der Waals surface area (Å²) in [6.45, 7) is 2.53. The fourth-order valence-corrected chi connectivity index (χ4v) is 3.18. The van der Waals surface area contributed by atoms with E-state index in [0.29, 0.717) is 37.6 Å². The van der Waals surface area contributed by atoms with Crippen LogP contribution in [-0.4, -0.2) is 32.1 Å². The molecule has 1 amide bonds. The highest BCUT2D eigenvalue weighted by Gasteiger charge is 2.34. The van der Waals surface area contributed by atoms with Gasteiger partial charge in [0.2, 0.25) is 5.91 Å². The molecule has 2 aromatic rings. The molecule has 1 aromatic carbocycles. The van der Waals surface area contributed by atoms with Gasteiger partial charge in [-0.05, 0) is 30.3 Å². The topological polar surface area (TPSA) is 63.7 Å². The summed E-state index contributed by atoms with van der Waals surface area (Å²) in [5.74, 6) is -0.00255. The Balaban J connectivity index is 1.67. The number of carbonyl (C=O) groups excluding carboxylic acids is 1. The molecule has 1 aromatic heterocycles. The van der Waals surface area contributed by atoms with Crippen LogP contribution < -0.4 is 20.5 Å². The van der Waals surface area contributed by atoms with Crippen molar-refractivity contribution in [2.75, 3.05) is 36.0 Å². The zero-order chi connectivity index (χ0) is 18.9. The van der Waals surface area contributed by atoms with Gasteiger partial charge in [-0.2, -0.15) is 13.2 Å². The first kappa shape index (κ1) is 18.3. The van der Waals surface area contributed by atoms with Crippen LogP contribution in [0, 0.1) is 0 Å². The normalized spacial score (nSPS) is 15.2. The van der Waals surface area contributed by atoms with Crippen LogP contribution in [0.15, 0.2) is 36.5 Å². The first-order valence-corrected chi connectivity index (χ1v) is 8.31. The highest BCUT2D eigenvalue weighted by atomic mass is 35.5. The van der Waals surface area contributed by atoms with Gasteiger partial charge in [0.15, 0.2) is 0 Å². The number of anilines is 2. The molecular formula is C17H17ClF3N4O+. The number of benzene rings is 1. The maximum atomic E-state index is 12.7. The highest BCUT2D eigenvalue weighted by Crippen LogP contribution is 2.32. The summed E-state index contributed by atoms with van der Waals surface area (Å²) < 4.78 is 38.2. The lowest BCUT2D eigenvalue weighted by atomic mass is 10.1. The predicted molar refractivity (Wildman–Crippen MR) is 92.4 cm³/mol. The first-order valence-electron chi connectivity index (χ1n) is 7.94. The van der Waals surface area contributed by atoms with Crippen molar-refractivity contribution in [2.45, 2.75) is 6.18 Å². The number of hydrogen-bond acceptors (Lipinski definition) is 3. The molecule has 2 heterocycles. The second kappa shape index (κ2) is 7.03. The smallest absolute Gasteiger partial charge is 0.366 e. The van der Waals surface area contributed by atoms with Gasteiger partial charge in [0, 0.05) is 11.3 Å². The zero-order valence-corrected chi connectivity index (χ0v) is 14.4. The van der Waals surface area contributed by atoms with Gasteiger partial charge >= 0.3 is 6.18 Å². The minimum absolute atomic E-state index is 0.0408. The number of rotatable bonds is 3. The number of halogens is 4. The van der Waals surface area contributed by atoms with Crippen LogP contribution in [0.2, 0.25) is 5.02 Å². The quantitative estimate of drug-likeness (QED) is 0.883. The minimum atomic E-state index is -4.44. The van der Waals surface area contributed by atoms with Crippen molar-refractivity contribution in [1.29, 1.82) is 0 Å². The summed E-state index contributed by atoms with van der Waals surface area (Å²) in [4.78, 5) is 17.8. The second-order valence-electron chi connectivity index (χ2n) is 5.97. The van der Waals surface area contributed by atoms with Crippen molar-refractivity contribution in [1.82, 2.24) is 0 Å². The lowest BCUT2D eigenvalue weighted by Gasteiger charge is -2.32. The molecule has 26 heavy (non-hydrogen) atoms. The monoisotopic (exact) mass is 385 g/mol. The van der Waals surface area contributed by atoms with Gasteiger partial charge in [-0.1, -0.05) is 11.6 Å². The number of hydrogen-bond donors (Lipinski definition) is 1. The number of piperazine rings is 1. The molecule has 1 saturated heterocycles. The van der Waals surface area contributed by atoms with E-state index in [1.165, 1.54) is 0 Å². The third-order valence-corrected chi connectivity index (χ3v) is 4.60. The number of carbonyl (C=O) groups is 1. The molecule has 1 aliphatic heterocycles. The summed E-state index contributed by atoms with van der Waals surface area (Å²) >= 11 is 6.04. The number of alkyl halides is 3. The number of primary amides is 1. The highest BCUT2D eigenvalue weighted by molar-refractivity contribution is 6.32. The Morgan fingerprint density at radius 1 is 1.08 bits per heavy atom. The Kier molecular flexibility index (Phi) is 4.95. The molecule has 1 fully saturated rings. The Hall–Kier alpha value is -2.48. The third-order valence-electron chi connectivity index (χ3n) is 4.31. The van der Waals surface area contributed by atoms with Crippen LogP contribution in [0.1, 0.15) is 15.9 Å². The van der Waals surface area contributed by atoms with Crippen LogP contribution in [0.25, 0.3) is 0 Å². The predicted octanol–water partition coefficient (Wildman–Crippen LogP) is 2.60. The van der Waals surface area contributed by atoms with E-state index in [-0.39, 0.29) is 5.02 Å². The lowest BCUT2D eigenvalue weighted by Crippen LogP contribution is -2.48. The van der Waals surface area contributed by atoms with E-state index in [9.17, 15) is 18.0 Å². The summed E-state index contributed by atoms with van der Waals surface area (Å²) in [6, 6.07) is 7.93. The van der Waals surface area contributed by atoms with Gasteiger partial charge in [0.25, 0.3) is 5.82 Å². The van der Waals surface area contributed by atoms with E-state index in [0.717, 1.165) is 18.0 Å². The van der Waals surface area contributed by atoms with Gasteiger partial charge < -0.3 is 10.6 Å². The largest absolute Gasteiger partial charge is 0.419 e. The van der Waals surface area contributed by atoms with Crippen molar-refractivity contribution in [3.63, 3.8) is 0 Å². The standard InChI is InChI=1S/C17H16ClF3N4O/c18-14-9-12(17(19,20)21)10-23-16(14)25-7-5-24(6-8-25)13-3-1-11(2-4-13)15(22)26/h1-4,9-10H,5-8H2,(H2,22,26)/p+1. The fourth-order valence-electron chi connectivity index (χ4n) is 2.89. The van der Waals surface area contributed by atoms with Crippen LogP contribution >= 0.6 is 11.6 Å². The molecular weight excluding hydrogens is 369 g/mol. The van der Waals surface area contributed by atoms with E-state index < -0.39 is 17.6 Å². The van der Waals surface area contributed by atoms with Crippen molar-refractivity contribution < 1.29 is 22.9 Å². The number of nitrogens with zero attached hydrogens (tertiary/aromatic N) is 2. The Morgan fingerprint density at radius 2 is 1.65 bits per heavy atom. The minimum Gasteiger partial charge on any atom is -0.366 e. The molecule has 9 heteroatoms. The number of amides is 1. The third kappa shape index (κ3) is 3.85. The molecule has 138 valence electrons. The number of H-pyrrole nitrogens is 1. The number of pyridine rings is 1. The van der Waals surface area contributed by atoms with Gasteiger partial charge in [-0.3, -0.25) is 9.69 Å². The lowest BCUT2D eigenvalue weighted by molar-refractivity contribution is -0.367. The van der Waals surface area contributed by atoms with Crippen LogP contribution in [-0.2, 0) is 6.18 Å². The van der Waals surface area contributed by atoms with Gasteiger partial charge in [0.05, 0.1) is 18.7 Å². The zero-order valence-electron chi connectivity index (χ0n) is 13.7. The van der Waals surface area contributed by atoms with Gasteiger partial charge in [-0.25, -0.2) is 4.98 Å². The summed E-state index contributed by atoms with van der Waals surface area (Å²) in [7, 11) is 0. The van der Waals surface area contributed by atoms with E-state index >= 15 is 0 Å². The molecule has 3 N–H and O–H groups in total. The molecule has 0 bridgehead atoms. The average molecular weight is 386 g/mol. The number of nitrogens with two attached hydrogens (primary N) is 1. The van der Waals surface area contributed by atoms with Crippen molar-refractivity contribution in [3.05, 3.63) is 52.7 Å². The molecule has 0 unspecified atom stereocenters. The first-order chi connectivity index (χ1) is 12.3. The molecule has 0 aliphatic carbocycles. The molecule has 0 spiro atoms. The number of nitrogens with one attached hydrogen (secondary N) is 1. The Labute approximate surface area is 153 Å². The maximum absolute atomic E-state index is 12.7. The molecule has 0 saturated carbocycles. The summed E-state index contributed by atoms with van der Waals surface area (Å²) in [5.41, 5.74) is 5.82. The van der Waals surface area contributed by atoms with Gasteiger partial charge in [0.1, 0.15) is 24.3 Å². The van der Waals surface area contributed by atoms with Gasteiger partial charge in [-0.15, -0.1) is 0 Å². The van der Waals surface area contributed by atoms with Crippen LogP contribution in [0.3, 0.4) is 0 Å². The second-order valence-corrected chi connectivity index (χ2v) is 6.38. The molecule has 3 rings (SSSR count). The van der Waals surface area contributed by atoms with E-state index in [1.54, 1.807) is 12.1 Å². The average Bonchev–Trinajstić information content (AvgIpc) is 2.61. The van der Waals surface area contributed by atoms with E-state index in [2.05, 4.69) is 9.88 Å². The number of aromatic nitrogens is 1. The summed E-state index contributed by atoms with van der Waals surface area (Å²) in [6.07, 6.45) is -3.51. The Bertz CT molecular complexity index is 803. The van der Waals surface area contributed by atoms with Crippen molar-refractivity contribution in [2.24, 2.45) is 5.73 Å². The number of aromatic amines is 1. The van der Waals surface area contributed by atoms with Crippen molar-refractivity contribution in [3.8, 4) is 0 Å². The summed E-state index contributed by atoms with van der Waals surface area (Å²) in [5, 5.41) is 0.0408. The molecule has 1 aliphatic rings. The molecule has 0 radical (unpaired) electrons. The van der Waals surface area contributed by atoms with Crippen LogP contribution in [0.4, 0.5) is 24.7 Å². The van der Waals surface area contributed by atoms with Crippen LogP contribution in [0.5, 0.6) is 0 Å². The fraction of sp³-hybridized carbons (Fsp3) is 0.294. The maximum Gasteiger partial charge on any atom is 0.419 e. The Morgan fingerprint density at radius 3 is 2.15 bits per heavy atom.